The van der Waals surface area contributed by atoms with Crippen molar-refractivity contribution in [2.45, 2.75) is 12.5 Å². The number of aliphatic hydroxyl groups is 1. The van der Waals surface area contributed by atoms with Gasteiger partial charge in [0.1, 0.15) is 11.6 Å². The van der Waals surface area contributed by atoms with Crippen molar-refractivity contribution in [1.82, 2.24) is 15.3 Å². The molecule has 5 N–H and O–H groups in total. The van der Waals surface area contributed by atoms with Crippen LogP contribution in [0.15, 0.2) is 15.8 Å². The lowest BCUT2D eigenvalue weighted by Gasteiger charge is -2.12. The minimum Gasteiger partial charge on any atom is -0.480 e. The van der Waals surface area contributed by atoms with Crippen molar-refractivity contribution in [2.24, 2.45) is 0 Å². The Kier molecular flexibility index (Phi) is 4.38. The first kappa shape index (κ1) is 13.6. The van der Waals surface area contributed by atoms with Gasteiger partial charge in [-0.2, -0.15) is 0 Å². The van der Waals surface area contributed by atoms with E-state index in [0.717, 1.165) is 6.20 Å². The zero-order valence-corrected chi connectivity index (χ0v) is 9.10. The van der Waals surface area contributed by atoms with Crippen molar-refractivity contribution in [3.8, 4) is 0 Å². The molecule has 0 aliphatic carbocycles. The summed E-state index contributed by atoms with van der Waals surface area (Å²) in [4.78, 5) is 48.2. The van der Waals surface area contributed by atoms with E-state index in [1.54, 1.807) is 0 Å². The lowest BCUT2D eigenvalue weighted by molar-refractivity contribution is -0.139. The number of carbonyl (C=O) groups excluding carboxylic acids is 1. The largest absolute Gasteiger partial charge is 0.480 e. The molecule has 0 spiro atoms. The van der Waals surface area contributed by atoms with E-state index >= 15 is 0 Å². The van der Waals surface area contributed by atoms with Gasteiger partial charge in [0.15, 0.2) is 0 Å². The van der Waals surface area contributed by atoms with Crippen LogP contribution in [0.3, 0.4) is 0 Å². The van der Waals surface area contributed by atoms with Crippen molar-refractivity contribution >= 4 is 11.9 Å². The first-order valence-corrected chi connectivity index (χ1v) is 4.92. The molecule has 0 aliphatic heterocycles. The highest BCUT2D eigenvalue weighted by Gasteiger charge is 2.21. The number of rotatable bonds is 5. The third-order valence-electron chi connectivity index (χ3n) is 2.09. The second-order valence-electron chi connectivity index (χ2n) is 3.36. The fourth-order valence-corrected chi connectivity index (χ4v) is 1.20. The normalized spacial score (nSPS) is 11.8. The second-order valence-corrected chi connectivity index (χ2v) is 3.36. The number of carboxylic acids is 1. The van der Waals surface area contributed by atoms with Crippen LogP contribution >= 0.6 is 0 Å². The fraction of sp³-hybridized carbons (Fsp3) is 0.333. The highest BCUT2D eigenvalue weighted by Crippen LogP contribution is 1.94. The number of hydrogen-bond donors (Lipinski definition) is 5. The maximum Gasteiger partial charge on any atom is 0.326 e. The van der Waals surface area contributed by atoms with E-state index in [4.69, 9.17) is 10.2 Å². The van der Waals surface area contributed by atoms with Crippen molar-refractivity contribution in [2.75, 3.05) is 6.61 Å². The number of aromatic amines is 2. The van der Waals surface area contributed by atoms with E-state index in [2.05, 4.69) is 10.3 Å². The summed E-state index contributed by atoms with van der Waals surface area (Å²) in [7, 11) is 0. The third-order valence-corrected chi connectivity index (χ3v) is 2.09. The first-order valence-electron chi connectivity index (χ1n) is 4.92. The average Bonchev–Trinajstić information content (AvgIpc) is 2.27. The number of aromatic nitrogens is 2. The van der Waals surface area contributed by atoms with Crippen LogP contribution in [0.2, 0.25) is 0 Å². The summed E-state index contributed by atoms with van der Waals surface area (Å²) in [6, 6.07) is -1.31. The number of aliphatic hydroxyl groups excluding tert-OH is 1. The van der Waals surface area contributed by atoms with E-state index < -0.39 is 41.3 Å². The van der Waals surface area contributed by atoms with Crippen LogP contribution in [0.25, 0.3) is 0 Å². The zero-order valence-electron chi connectivity index (χ0n) is 9.10. The lowest BCUT2D eigenvalue weighted by Crippen LogP contribution is -2.43. The summed E-state index contributed by atoms with van der Waals surface area (Å²) >= 11 is 0. The molecular weight excluding hydrogens is 246 g/mol. The summed E-state index contributed by atoms with van der Waals surface area (Å²) in [6.45, 7) is -0.431. The van der Waals surface area contributed by atoms with E-state index in [0.29, 0.717) is 0 Å². The number of H-pyrrole nitrogens is 2. The van der Waals surface area contributed by atoms with Crippen LogP contribution in [-0.4, -0.2) is 44.7 Å². The molecule has 1 aromatic heterocycles. The molecule has 1 amide bonds. The monoisotopic (exact) mass is 257 g/mol. The first-order chi connectivity index (χ1) is 8.45. The van der Waals surface area contributed by atoms with Crippen LogP contribution in [0.4, 0.5) is 0 Å². The van der Waals surface area contributed by atoms with Crippen LogP contribution in [-0.2, 0) is 4.79 Å². The van der Waals surface area contributed by atoms with Gasteiger partial charge in [-0.1, -0.05) is 0 Å². The molecule has 0 saturated carbocycles. The molecule has 9 nitrogen and oxygen atoms in total. The minimum atomic E-state index is -1.33. The molecule has 1 heterocycles. The lowest BCUT2D eigenvalue weighted by atomic mass is 10.2. The van der Waals surface area contributed by atoms with Crippen molar-refractivity contribution < 1.29 is 19.8 Å². The topological polar surface area (TPSA) is 152 Å². The average molecular weight is 257 g/mol. The molecule has 0 fully saturated rings. The van der Waals surface area contributed by atoms with Crippen LogP contribution in [0.5, 0.6) is 0 Å². The molecule has 0 aromatic carbocycles. The van der Waals surface area contributed by atoms with Crippen molar-refractivity contribution in [3.05, 3.63) is 32.6 Å². The molecule has 1 aromatic rings. The predicted molar refractivity (Wildman–Crippen MR) is 58.3 cm³/mol. The molecule has 9 heteroatoms. The highest BCUT2D eigenvalue weighted by atomic mass is 16.4. The number of carbonyl (C=O) groups is 2. The van der Waals surface area contributed by atoms with Crippen LogP contribution < -0.4 is 16.6 Å². The van der Waals surface area contributed by atoms with Gasteiger partial charge in [-0.3, -0.25) is 14.6 Å². The van der Waals surface area contributed by atoms with Crippen molar-refractivity contribution in [3.63, 3.8) is 0 Å². The number of aliphatic carboxylic acids is 1. The Morgan fingerprint density at radius 1 is 1.39 bits per heavy atom. The van der Waals surface area contributed by atoms with E-state index in [-0.39, 0.29) is 6.42 Å². The standard InChI is InChI=1S/C9H11N3O6/c13-2-1-5(8(16)17)11-6(14)4-3-10-9(18)12-7(4)15/h3,5,13H,1-2H2,(H,11,14)(H,16,17)(H2,10,12,15,18)/t5-/m0/s1. The quantitative estimate of drug-likeness (QED) is 0.397. The third kappa shape index (κ3) is 3.28. The number of carboxylic acid groups (broad SMARTS) is 1. The summed E-state index contributed by atoms with van der Waals surface area (Å²) in [6.07, 6.45) is 0.691. The number of amides is 1. The van der Waals surface area contributed by atoms with E-state index in [1.807, 2.05) is 4.98 Å². The van der Waals surface area contributed by atoms with Gasteiger partial charge in [0.05, 0.1) is 0 Å². The molecular formula is C9H11N3O6. The number of hydrogen-bond acceptors (Lipinski definition) is 5. The SMILES string of the molecule is O=C(N[C@@H](CCO)C(=O)O)c1c[nH]c(=O)[nH]c1=O. The maximum atomic E-state index is 11.6. The molecule has 98 valence electrons. The second kappa shape index (κ2) is 5.77. The van der Waals surface area contributed by atoms with Crippen molar-refractivity contribution in [1.29, 1.82) is 0 Å². The summed E-state index contributed by atoms with van der Waals surface area (Å²) in [5.74, 6) is -2.29. The molecule has 1 atom stereocenters. The predicted octanol–water partition coefficient (Wildman–Crippen LogP) is -2.37. The van der Waals surface area contributed by atoms with Crippen LogP contribution in [0.1, 0.15) is 16.8 Å². The Balaban J connectivity index is 2.90. The Morgan fingerprint density at radius 2 is 2.06 bits per heavy atom. The Bertz CT molecular complexity index is 560. The smallest absolute Gasteiger partial charge is 0.326 e. The van der Waals surface area contributed by atoms with Gasteiger partial charge in [0.2, 0.25) is 0 Å². The Labute approximate surface area is 99.5 Å². The molecule has 0 saturated heterocycles. The fourth-order valence-electron chi connectivity index (χ4n) is 1.20. The van der Waals surface area contributed by atoms with Gasteiger partial charge in [-0.25, -0.2) is 9.59 Å². The maximum absolute atomic E-state index is 11.6. The molecule has 18 heavy (non-hydrogen) atoms. The molecule has 0 radical (unpaired) electrons. The van der Waals surface area contributed by atoms with Gasteiger partial charge in [0.25, 0.3) is 11.5 Å². The molecule has 0 aliphatic rings. The van der Waals surface area contributed by atoms with E-state index in [1.165, 1.54) is 0 Å². The van der Waals surface area contributed by atoms with Gasteiger partial charge in [0, 0.05) is 19.2 Å². The van der Waals surface area contributed by atoms with Gasteiger partial charge >= 0.3 is 11.7 Å². The Morgan fingerprint density at radius 3 is 2.56 bits per heavy atom. The summed E-state index contributed by atoms with van der Waals surface area (Å²) in [5.41, 5.74) is -2.12. The molecule has 1 rings (SSSR count). The van der Waals surface area contributed by atoms with Gasteiger partial charge in [-0.05, 0) is 0 Å². The summed E-state index contributed by atoms with van der Waals surface area (Å²) in [5, 5.41) is 19.4. The molecule has 0 unspecified atom stereocenters. The molecule has 0 bridgehead atoms. The number of nitrogens with one attached hydrogen (secondary N) is 3. The van der Waals surface area contributed by atoms with Gasteiger partial charge < -0.3 is 20.5 Å². The highest BCUT2D eigenvalue weighted by molar-refractivity contribution is 5.95. The van der Waals surface area contributed by atoms with Gasteiger partial charge in [-0.15, -0.1) is 0 Å². The summed E-state index contributed by atoms with van der Waals surface area (Å²) < 4.78 is 0. The Hall–Kier alpha value is -2.42. The van der Waals surface area contributed by atoms with Crippen LogP contribution in [0, 0.1) is 0 Å². The minimum absolute atomic E-state index is 0.192. The van der Waals surface area contributed by atoms with E-state index in [9.17, 15) is 19.2 Å². The zero-order chi connectivity index (χ0) is 13.7.